The molecule has 6 nitrogen and oxygen atoms in total. The van der Waals surface area contributed by atoms with Gasteiger partial charge in [-0.3, -0.25) is 4.90 Å². The number of hydrogen-bond donors (Lipinski definition) is 3. The van der Waals surface area contributed by atoms with Crippen LogP contribution in [-0.2, 0) is 0 Å². The second-order valence-electron chi connectivity index (χ2n) is 9.92. The second-order valence-corrected chi connectivity index (χ2v) is 9.92. The maximum absolute atomic E-state index is 13.6. The number of halogens is 1. The highest BCUT2D eigenvalue weighted by atomic mass is 19.1. The zero-order valence-electron chi connectivity index (χ0n) is 19.5. The molecule has 0 bridgehead atoms. The van der Waals surface area contributed by atoms with E-state index in [9.17, 15) is 19.7 Å². The van der Waals surface area contributed by atoms with Crippen LogP contribution in [0.3, 0.4) is 0 Å². The van der Waals surface area contributed by atoms with Crippen molar-refractivity contribution in [3.05, 3.63) is 59.4 Å². The predicted octanol–water partition coefficient (Wildman–Crippen LogP) is 2.65. The van der Waals surface area contributed by atoms with E-state index in [1.165, 1.54) is 12.1 Å². The first-order valence-corrected chi connectivity index (χ1v) is 11.7. The second kappa shape index (κ2) is 9.58. The van der Waals surface area contributed by atoms with Gasteiger partial charge in [-0.1, -0.05) is 12.1 Å². The third kappa shape index (κ3) is 5.84. The number of likely N-dealkylation sites (tertiary alicyclic amines) is 1. The fraction of sp³-hybridized carbons (Fsp3) is 0.538. The van der Waals surface area contributed by atoms with E-state index in [0.717, 1.165) is 16.8 Å². The van der Waals surface area contributed by atoms with Crippen LogP contribution in [0.1, 0.15) is 30.4 Å². The van der Waals surface area contributed by atoms with Crippen molar-refractivity contribution < 1.29 is 24.4 Å². The van der Waals surface area contributed by atoms with Gasteiger partial charge in [-0.25, -0.2) is 4.39 Å². The van der Waals surface area contributed by atoms with Gasteiger partial charge in [-0.2, -0.15) is 0 Å². The van der Waals surface area contributed by atoms with Gasteiger partial charge in [-0.15, -0.1) is 0 Å². The lowest BCUT2D eigenvalue weighted by molar-refractivity contribution is -0.149. The Kier molecular flexibility index (Phi) is 6.96. The quantitative estimate of drug-likeness (QED) is 0.618. The number of benzene rings is 2. The van der Waals surface area contributed by atoms with Crippen molar-refractivity contribution in [2.75, 3.05) is 44.2 Å². The number of hydrogen-bond acceptors (Lipinski definition) is 6. The Labute approximate surface area is 195 Å². The summed E-state index contributed by atoms with van der Waals surface area (Å²) in [5.74, 6) is 0.413. The first-order valence-electron chi connectivity index (χ1n) is 11.7. The molecular formula is C26H35FN2O4. The van der Waals surface area contributed by atoms with Crippen molar-refractivity contribution in [1.29, 1.82) is 0 Å². The van der Waals surface area contributed by atoms with Crippen LogP contribution in [0.2, 0.25) is 0 Å². The number of rotatable bonds is 6. The summed E-state index contributed by atoms with van der Waals surface area (Å²) in [5, 5.41) is 33.0. The number of ether oxygens (including phenoxy) is 1. The van der Waals surface area contributed by atoms with Crippen molar-refractivity contribution in [2.45, 2.75) is 50.4 Å². The molecular weight excluding hydrogens is 423 g/mol. The van der Waals surface area contributed by atoms with Gasteiger partial charge < -0.3 is 25.0 Å². The first kappa shape index (κ1) is 24.0. The van der Waals surface area contributed by atoms with E-state index < -0.39 is 17.3 Å². The smallest absolute Gasteiger partial charge is 0.137 e. The van der Waals surface area contributed by atoms with Crippen molar-refractivity contribution in [1.82, 2.24) is 4.90 Å². The van der Waals surface area contributed by atoms with Gasteiger partial charge in [-0.05, 0) is 74.6 Å². The molecule has 0 saturated carbocycles. The van der Waals surface area contributed by atoms with Crippen LogP contribution in [0, 0.1) is 19.7 Å². The Balaban J connectivity index is 1.34. The normalized spacial score (nSPS) is 25.8. The summed E-state index contributed by atoms with van der Waals surface area (Å²) in [7, 11) is 0. The molecule has 0 spiro atoms. The number of piperidine rings is 2. The third-order valence-electron chi connectivity index (χ3n) is 6.91. The van der Waals surface area contributed by atoms with Gasteiger partial charge in [0.1, 0.15) is 23.8 Å². The molecule has 4 rings (SSSR count). The zero-order valence-corrected chi connectivity index (χ0v) is 19.5. The molecule has 2 atom stereocenters. The third-order valence-corrected chi connectivity index (χ3v) is 6.91. The Morgan fingerprint density at radius 1 is 1.03 bits per heavy atom. The fourth-order valence-corrected chi connectivity index (χ4v) is 5.07. The summed E-state index contributed by atoms with van der Waals surface area (Å²) in [4.78, 5) is 4.11. The van der Waals surface area contributed by atoms with Crippen LogP contribution >= 0.6 is 0 Å². The SMILES string of the molecule is Cc1cc(C)cc(OC[C@@]2(O)CN(CC3(O)CCN(c4cccc(F)c4)CC3)CC[C@@H]2O)c1. The van der Waals surface area contributed by atoms with Gasteiger partial charge in [0, 0.05) is 38.4 Å². The van der Waals surface area contributed by atoms with Crippen LogP contribution in [0.4, 0.5) is 10.1 Å². The highest BCUT2D eigenvalue weighted by molar-refractivity contribution is 5.47. The maximum Gasteiger partial charge on any atom is 0.137 e. The number of aliphatic hydroxyl groups excluding tert-OH is 1. The van der Waals surface area contributed by atoms with E-state index >= 15 is 0 Å². The number of anilines is 1. The lowest BCUT2D eigenvalue weighted by Crippen LogP contribution is -2.62. The number of nitrogens with zero attached hydrogens (tertiary/aromatic N) is 2. The Morgan fingerprint density at radius 3 is 2.39 bits per heavy atom. The van der Waals surface area contributed by atoms with Crippen molar-refractivity contribution in [3.63, 3.8) is 0 Å². The maximum atomic E-state index is 13.6. The monoisotopic (exact) mass is 458 g/mol. The van der Waals surface area contributed by atoms with Crippen molar-refractivity contribution in [3.8, 4) is 5.75 Å². The molecule has 0 aliphatic carbocycles. The largest absolute Gasteiger partial charge is 0.490 e. The summed E-state index contributed by atoms with van der Waals surface area (Å²) < 4.78 is 19.4. The molecule has 33 heavy (non-hydrogen) atoms. The van der Waals surface area contributed by atoms with Gasteiger partial charge in [0.2, 0.25) is 0 Å². The van der Waals surface area contributed by atoms with E-state index in [-0.39, 0.29) is 19.0 Å². The number of aryl methyl sites for hydroxylation is 2. The molecule has 7 heteroatoms. The first-order chi connectivity index (χ1) is 15.6. The molecule has 2 aliphatic rings. The van der Waals surface area contributed by atoms with Crippen LogP contribution in [0.5, 0.6) is 5.75 Å². The summed E-state index contributed by atoms with van der Waals surface area (Å²) in [6.07, 6.45) is 0.641. The highest BCUT2D eigenvalue weighted by Gasteiger charge is 2.44. The molecule has 2 aromatic rings. The molecule has 2 heterocycles. The average molecular weight is 459 g/mol. The van der Waals surface area contributed by atoms with Gasteiger partial charge in [0.05, 0.1) is 11.7 Å². The zero-order chi connectivity index (χ0) is 23.6. The van der Waals surface area contributed by atoms with Crippen molar-refractivity contribution in [2.24, 2.45) is 0 Å². The van der Waals surface area contributed by atoms with Gasteiger partial charge in [0.25, 0.3) is 0 Å². The minimum atomic E-state index is -1.41. The molecule has 2 aromatic carbocycles. The molecule has 2 aliphatic heterocycles. The molecule has 0 amide bonds. The summed E-state index contributed by atoms with van der Waals surface area (Å²) >= 11 is 0. The molecule has 180 valence electrons. The summed E-state index contributed by atoms with van der Waals surface area (Å²) in [5.41, 5.74) is 0.691. The van der Waals surface area contributed by atoms with Gasteiger partial charge in [0.15, 0.2) is 0 Å². The van der Waals surface area contributed by atoms with E-state index in [0.29, 0.717) is 51.2 Å². The molecule has 3 N–H and O–H groups in total. The van der Waals surface area contributed by atoms with Crippen LogP contribution < -0.4 is 9.64 Å². The van der Waals surface area contributed by atoms with E-state index in [1.54, 1.807) is 6.07 Å². The molecule has 0 aromatic heterocycles. The lowest BCUT2D eigenvalue weighted by Gasteiger charge is -2.46. The lowest BCUT2D eigenvalue weighted by atomic mass is 9.86. The standard InChI is InChI=1S/C26H35FN2O4/c1-19-12-20(2)14-23(13-19)33-18-26(32)17-28(9-6-24(26)30)16-25(31)7-10-29(11-8-25)22-5-3-4-21(27)15-22/h3-5,12-15,24,30-32H,6-11,16-18H2,1-2H3/t24-,26-/m0/s1. The summed E-state index contributed by atoms with van der Waals surface area (Å²) in [6, 6.07) is 12.4. The molecule has 0 unspecified atom stereocenters. The average Bonchev–Trinajstić information content (AvgIpc) is 2.75. The predicted molar refractivity (Wildman–Crippen MR) is 126 cm³/mol. The number of β-amino-alcohol motifs (C(OH)–C–C–N with tert-alkyl or cyclic N) is 2. The van der Waals surface area contributed by atoms with Crippen molar-refractivity contribution >= 4 is 5.69 Å². The fourth-order valence-electron chi connectivity index (χ4n) is 5.07. The Morgan fingerprint density at radius 2 is 1.73 bits per heavy atom. The topological polar surface area (TPSA) is 76.4 Å². The Hall–Kier alpha value is -2.19. The minimum absolute atomic E-state index is 0.0145. The molecule has 2 fully saturated rings. The van der Waals surface area contributed by atoms with Gasteiger partial charge >= 0.3 is 0 Å². The van der Waals surface area contributed by atoms with Crippen LogP contribution in [0.25, 0.3) is 0 Å². The Bertz CT molecular complexity index is 943. The van der Waals surface area contributed by atoms with E-state index in [4.69, 9.17) is 4.74 Å². The van der Waals surface area contributed by atoms with Crippen LogP contribution in [-0.4, -0.2) is 76.9 Å². The molecule has 0 radical (unpaired) electrons. The van der Waals surface area contributed by atoms with Crippen LogP contribution in [0.15, 0.2) is 42.5 Å². The van der Waals surface area contributed by atoms with E-state index in [2.05, 4.69) is 11.0 Å². The highest BCUT2D eigenvalue weighted by Crippen LogP contribution is 2.30. The number of aliphatic hydroxyl groups is 3. The van der Waals surface area contributed by atoms with E-state index in [1.807, 2.05) is 36.9 Å². The molecule has 2 saturated heterocycles. The minimum Gasteiger partial charge on any atom is -0.490 e. The summed E-state index contributed by atoms with van der Waals surface area (Å²) in [6.45, 7) is 6.49.